The number of rotatable bonds is 4. The van der Waals surface area contributed by atoms with E-state index >= 15 is 0 Å². The molecule has 6 heteroatoms. The number of carbonyl (C=O) groups excluding carboxylic acids is 1. The molecule has 18 heavy (non-hydrogen) atoms. The highest BCUT2D eigenvalue weighted by Gasteiger charge is 2.41. The van der Waals surface area contributed by atoms with E-state index in [1.807, 2.05) is 0 Å². The summed E-state index contributed by atoms with van der Waals surface area (Å²) >= 11 is 1.69. The van der Waals surface area contributed by atoms with Gasteiger partial charge in [0.1, 0.15) is 5.71 Å². The molecule has 102 valence electrons. The first kappa shape index (κ1) is 13.7. The van der Waals surface area contributed by atoms with Crippen molar-refractivity contribution in [3.8, 4) is 0 Å². The average Bonchev–Trinajstić information content (AvgIpc) is 2.36. The average molecular weight is 271 g/mol. The van der Waals surface area contributed by atoms with Crippen molar-refractivity contribution in [3.05, 3.63) is 0 Å². The SMILES string of the molecule is CCS[C@]1([NH2+]C2CCCCC2)NN=C(C)C(=O)N1. The van der Waals surface area contributed by atoms with Crippen LogP contribution in [0.2, 0.25) is 0 Å². The molecule has 1 amide bonds. The molecule has 0 aromatic carbocycles. The van der Waals surface area contributed by atoms with Gasteiger partial charge in [-0.3, -0.25) is 15.4 Å². The highest BCUT2D eigenvalue weighted by atomic mass is 32.2. The van der Waals surface area contributed by atoms with Gasteiger partial charge in [-0.1, -0.05) is 13.3 Å². The Morgan fingerprint density at radius 2 is 2.17 bits per heavy atom. The molecule has 0 radical (unpaired) electrons. The summed E-state index contributed by atoms with van der Waals surface area (Å²) in [5.41, 5.74) is 3.62. The molecule has 0 spiro atoms. The molecule has 0 aromatic heterocycles. The predicted octanol–water partition coefficient (Wildman–Crippen LogP) is 0.342. The smallest absolute Gasteiger partial charge is 0.293 e. The molecule has 1 atom stereocenters. The molecule has 4 N–H and O–H groups in total. The van der Waals surface area contributed by atoms with Gasteiger partial charge >= 0.3 is 5.12 Å². The number of amides is 1. The minimum atomic E-state index is -0.507. The number of carbonyl (C=O) groups is 1. The lowest BCUT2D eigenvalue weighted by Crippen LogP contribution is -3.07. The molecule has 1 fully saturated rings. The Kier molecular flexibility index (Phi) is 4.50. The Hall–Kier alpha value is -0.750. The highest BCUT2D eigenvalue weighted by Crippen LogP contribution is 2.19. The molecule has 0 unspecified atom stereocenters. The van der Waals surface area contributed by atoms with Crippen molar-refractivity contribution in [2.75, 3.05) is 5.75 Å². The summed E-state index contributed by atoms with van der Waals surface area (Å²) in [5.74, 6) is 0.868. The number of hydrogen-bond donors (Lipinski definition) is 3. The Morgan fingerprint density at radius 1 is 1.44 bits per heavy atom. The summed E-state index contributed by atoms with van der Waals surface area (Å²) < 4.78 is 0. The number of hydrogen-bond acceptors (Lipinski definition) is 4. The van der Waals surface area contributed by atoms with Crippen LogP contribution in [0.5, 0.6) is 0 Å². The van der Waals surface area contributed by atoms with E-state index in [1.54, 1.807) is 18.7 Å². The molecule has 0 aromatic rings. The van der Waals surface area contributed by atoms with Crippen LogP contribution in [-0.2, 0) is 4.79 Å². The number of nitrogens with two attached hydrogens (primary N) is 1. The minimum Gasteiger partial charge on any atom is -0.293 e. The van der Waals surface area contributed by atoms with Crippen molar-refractivity contribution >= 4 is 23.4 Å². The standard InChI is InChI=1S/C12H22N4OS/c1-3-18-12(13-10-7-5-4-6-8-10)14-11(17)9(2)15-16-12/h10,13,16H,3-8H2,1-2H3,(H,14,17)/p+1/t12-/m0/s1. The molecule has 1 heterocycles. The van der Waals surface area contributed by atoms with Gasteiger partial charge in [-0.15, -0.1) is 0 Å². The lowest BCUT2D eigenvalue weighted by atomic mass is 9.95. The number of quaternary nitrogens is 1. The van der Waals surface area contributed by atoms with Crippen LogP contribution in [0.15, 0.2) is 5.10 Å². The summed E-state index contributed by atoms with van der Waals surface area (Å²) in [7, 11) is 0. The van der Waals surface area contributed by atoms with E-state index in [-0.39, 0.29) is 5.91 Å². The molecule has 5 nitrogen and oxygen atoms in total. The van der Waals surface area contributed by atoms with Gasteiger partial charge in [0.25, 0.3) is 5.91 Å². The van der Waals surface area contributed by atoms with Crippen molar-refractivity contribution in [3.63, 3.8) is 0 Å². The molecule has 2 aliphatic rings. The van der Waals surface area contributed by atoms with Crippen LogP contribution in [0.1, 0.15) is 46.0 Å². The normalized spacial score (nSPS) is 29.4. The van der Waals surface area contributed by atoms with Crippen molar-refractivity contribution in [1.82, 2.24) is 10.7 Å². The van der Waals surface area contributed by atoms with E-state index < -0.39 is 5.12 Å². The first-order valence-corrected chi connectivity index (χ1v) is 7.78. The third-order valence-corrected chi connectivity index (χ3v) is 4.58. The third kappa shape index (κ3) is 3.17. The number of hydrazone groups is 1. The second kappa shape index (κ2) is 5.93. The molecule has 0 saturated heterocycles. The van der Waals surface area contributed by atoms with Gasteiger partial charge in [0.05, 0.1) is 6.04 Å². The van der Waals surface area contributed by atoms with Gasteiger partial charge in [0.2, 0.25) is 0 Å². The summed E-state index contributed by atoms with van der Waals surface area (Å²) in [6.45, 7) is 3.82. The number of thioether (sulfide) groups is 1. The van der Waals surface area contributed by atoms with E-state index in [0.29, 0.717) is 11.8 Å². The number of nitrogens with one attached hydrogen (secondary N) is 2. The zero-order chi connectivity index (χ0) is 13.0. The van der Waals surface area contributed by atoms with E-state index in [2.05, 4.69) is 28.1 Å². The molecular weight excluding hydrogens is 248 g/mol. The molecule has 1 saturated carbocycles. The van der Waals surface area contributed by atoms with E-state index in [9.17, 15) is 4.79 Å². The molecular formula is C12H23N4OS+. The summed E-state index contributed by atoms with van der Waals surface area (Å²) in [4.78, 5) is 11.8. The Balaban J connectivity index is 2.04. The summed E-state index contributed by atoms with van der Waals surface area (Å²) in [6.07, 6.45) is 6.39. The topological polar surface area (TPSA) is 70.1 Å². The summed E-state index contributed by atoms with van der Waals surface area (Å²) in [6, 6.07) is 0.583. The Bertz CT molecular complexity index is 341. The zero-order valence-electron chi connectivity index (χ0n) is 11.2. The Morgan fingerprint density at radius 3 is 2.78 bits per heavy atom. The second-order valence-corrected chi connectivity index (χ2v) is 6.51. The van der Waals surface area contributed by atoms with Gasteiger partial charge in [0.15, 0.2) is 0 Å². The van der Waals surface area contributed by atoms with Crippen molar-refractivity contribution in [2.24, 2.45) is 5.10 Å². The van der Waals surface area contributed by atoms with Crippen molar-refractivity contribution in [2.45, 2.75) is 57.1 Å². The van der Waals surface area contributed by atoms with Crippen LogP contribution in [0.4, 0.5) is 0 Å². The fourth-order valence-electron chi connectivity index (χ4n) is 2.56. The first-order chi connectivity index (χ1) is 8.65. The van der Waals surface area contributed by atoms with Crippen molar-refractivity contribution in [1.29, 1.82) is 0 Å². The van der Waals surface area contributed by atoms with E-state index in [0.717, 1.165) is 5.75 Å². The van der Waals surface area contributed by atoms with Gasteiger partial charge in [-0.05, 0) is 44.4 Å². The third-order valence-electron chi connectivity index (χ3n) is 3.51. The van der Waals surface area contributed by atoms with Gasteiger partial charge in [-0.2, -0.15) is 5.10 Å². The van der Waals surface area contributed by atoms with Crippen LogP contribution in [0.3, 0.4) is 0 Å². The van der Waals surface area contributed by atoms with Crippen LogP contribution in [-0.4, -0.2) is 28.5 Å². The van der Waals surface area contributed by atoms with Crippen molar-refractivity contribution < 1.29 is 10.1 Å². The maximum absolute atomic E-state index is 11.8. The maximum Gasteiger partial charge on any atom is 0.316 e. The van der Waals surface area contributed by atoms with Gasteiger partial charge < -0.3 is 0 Å². The lowest BCUT2D eigenvalue weighted by Gasteiger charge is -2.36. The van der Waals surface area contributed by atoms with Gasteiger partial charge in [0, 0.05) is 5.75 Å². The van der Waals surface area contributed by atoms with E-state index in [4.69, 9.17) is 0 Å². The van der Waals surface area contributed by atoms with Gasteiger partial charge in [-0.25, -0.2) is 5.43 Å². The van der Waals surface area contributed by atoms with Crippen LogP contribution < -0.4 is 16.1 Å². The van der Waals surface area contributed by atoms with E-state index in [1.165, 1.54) is 32.1 Å². The van der Waals surface area contributed by atoms with Crippen LogP contribution >= 0.6 is 11.8 Å². The maximum atomic E-state index is 11.8. The second-order valence-electron chi connectivity index (χ2n) is 5.00. The zero-order valence-corrected chi connectivity index (χ0v) is 12.0. The van der Waals surface area contributed by atoms with Crippen LogP contribution in [0, 0.1) is 0 Å². The predicted molar refractivity (Wildman–Crippen MR) is 74.0 cm³/mol. The number of nitrogens with zero attached hydrogens (tertiary/aromatic N) is 1. The summed E-state index contributed by atoms with van der Waals surface area (Å²) in [5, 5.41) is 8.96. The molecule has 1 aliphatic heterocycles. The van der Waals surface area contributed by atoms with Crippen LogP contribution in [0.25, 0.3) is 0 Å². The first-order valence-electron chi connectivity index (χ1n) is 6.79. The lowest BCUT2D eigenvalue weighted by molar-refractivity contribution is -0.744. The molecule has 1 aliphatic carbocycles. The fraction of sp³-hybridized carbons (Fsp3) is 0.833. The quantitative estimate of drug-likeness (QED) is 0.646. The largest absolute Gasteiger partial charge is 0.316 e. The fourth-order valence-corrected chi connectivity index (χ4v) is 3.58. The molecule has 0 bridgehead atoms. The molecule has 2 rings (SSSR count). The Labute approximate surface area is 113 Å². The highest BCUT2D eigenvalue weighted by molar-refractivity contribution is 8.00. The monoisotopic (exact) mass is 271 g/mol. The minimum absolute atomic E-state index is 0.0678.